The third kappa shape index (κ3) is 6.79. The maximum Gasteiger partial charge on any atom is 0.252 e. The van der Waals surface area contributed by atoms with E-state index in [2.05, 4.69) is 16.0 Å². The molecule has 3 aromatic carbocycles. The first-order valence-corrected chi connectivity index (χ1v) is 14.6. The van der Waals surface area contributed by atoms with Crippen molar-refractivity contribution in [3.63, 3.8) is 0 Å². The first-order valence-electron chi connectivity index (χ1n) is 14.6. The van der Waals surface area contributed by atoms with Gasteiger partial charge in [-0.15, -0.1) is 0 Å². The second kappa shape index (κ2) is 13.0. The first-order chi connectivity index (χ1) is 20.0. The fraction of sp³-hybridized carbons (Fsp3) is 0.382. The lowest BCUT2D eigenvalue weighted by Gasteiger charge is -2.39. The van der Waals surface area contributed by atoms with Crippen LogP contribution in [0.25, 0.3) is 0 Å². The predicted molar refractivity (Wildman–Crippen MR) is 159 cm³/mol. The largest absolute Gasteiger partial charge is 0.496 e. The Bertz CT molecular complexity index is 1340. The van der Waals surface area contributed by atoms with E-state index in [0.29, 0.717) is 30.6 Å². The van der Waals surface area contributed by atoms with Crippen LogP contribution in [0.2, 0.25) is 0 Å². The summed E-state index contributed by atoms with van der Waals surface area (Å²) in [7, 11) is 1.61. The lowest BCUT2D eigenvalue weighted by Crippen LogP contribution is -2.64. The maximum absolute atomic E-state index is 14.3. The summed E-state index contributed by atoms with van der Waals surface area (Å²) >= 11 is 0. The van der Waals surface area contributed by atoms with Crippen LogP contribution in [0.3, 0.4) is 0 Å². The molecule has 7 nitrogen and oxygen atoms in total. The van der Waals surface area contributed by atoms with Crippen molar-refractivity contribution in [3.05, 3.63) is 101 Å². The molecule has 2 atom stereocenters. The van der Waals surface area contributed by atoms with Crippen molar-refractivity contribution >= 4 is 17.7 Å². The highest BCUT2D eigenvalue weighted by atomic mass is 16.5. The third-order valence-electron chi connectivity index (χ3n) is 8.43. The van der Waals surface area contributed by atoms with Crippen LogP contribution in [-0.4, -0.2) is 42.5 Å². The molecule has 214 valence electrons. The Kier molecular flexibility index (Phi) is 9.02. The van der Waals surface area contributed by atoms with Crippen molar-refractivity contribution in [1.82, 2.24) is 16.0 Å². The van der Waals surface area contributed by atoms with Crippen LogP contribution in [-0.2, 0) is 28.9 Å². The van der Waals surface area contributed by atoms with Crippen molar-refractivity contribution in [2.24, 2.45) is 0 Å². The molecule has 1 fully saturated rings. The zero-order chi connectivity index (χ0) is 28.7. The molecule has 2 aliphatic rings. The Morgan fingerprint density at radius 2 is 1.61 bits per heavy atom. The summed E-state index contributed by atoms with van der Waals surface area (Å²) in [5.41, 5.74) is 2.17. The van der Waals surface area contributed by atoms with Crippen LogP contribution >= 0.6 is 0 Å². The molecule has 3 aromatic rings. The zero-order valence-corrected chi connectivity index (χ0v) is 23.7. The number of rotatable bonds is 9. The summed E-state index contributed by atoms with van der Waals surface area (Å²) in [6, 6.07) is 23.8. The first kappa shape index (κ1) is 28.4. The molecule has 0 aromatic heterocycles. The summed E-state index contributed by atoms with van der Waals surface area (Å²) in [5, 5.41) is 9.38. The SMILES string of the molecule is COc1cccc2c1C[C@](NC(=O)c1ccccc1)(C(=O)N[C@@H](Cc1ccccc1)C(=O)NC1CCCCC1)CC2. The molecule has 0 aliphatic heterocycles. The van der Waals surface area contributed by atoms with Crippen molar-refractivity contribution < 1.29 is 19.1 Å². The van der Waals surface area contributed by atoms with Gasteiger partial charge in [0.1, 0.15) is 17.3 Å². The van der Waals surface area contributed by atoms with E-state index in [1.165, 1.54) is 6.42 Å². The molecule has 0 saturated heterocycles. The molecule has 0 bridgehead atoms. The van der Waals surface area contributed by atoms with E-state index in [0.717, 1.165) is 42.4 Å². The lowest BCUT2D eigenvalue weighted by atomic mass is 9.76. The van der Waals surface area contributed by atoms with Crippen LogP contribution in [0.1, 0.15) is 65.6 Å². The molecule has 0 spiro atoms. The van der Waals surface area contributed by atoms with Crippen LogP contribution in [0.15, 0.2) is 78.9 Å². The quantitative estimate of drug-likeness (QED) is 0.363. The summed E-state index contributed by atoms with van der Waals surface area (Å²) < 4.78 is 5.65. The Morgan fingerprint density at radius 3 is 2.32 bits per heavy atom. The molecule has 7 heteroatoms. The Labute approximate surface area is 242 Å². The molecular formula is C34H39N3O4. The maximum atomic E-state index is 14.3. The molecule has 0 heterocycles. The van der Waals surface area contributed by atoms with Gasteiger partial charge in [-0.1, -0.05) is 79.9 Å². The molecule has 5 rings (SSSR count). The van der Waals surface area contributed by atoms with Gasteiger partial charge in [-0.25, -0.2) is 0 Å². The van der Waals surface area contributed by atoms with Gasteiger partial charge in [-0.2, -0.15) is 0 Å². The number of benzene rings is 3. The Hall–Kier alpha value is -4.13. The van der Waals surface area contributed by atoms with Crippen LogP contribution in [0, 0.1) is 0 Å². The van der Waals surface area contributed by atoms with Gasteiger partial charge in [0, 0.05) is 30.0 Å². The number of amides is 3. The average Bonchev–Trinajstić information content (AvgIpc) is 3.01. The molecule has 41 heavy (non-hydrogen) atoms. The summed E-state index contributed by atoms with van der Waals surface area (Å²) in [5.74, 6) is -0.194. The van der Waals surface area contributed by atoms with E-state index in [1.54, 1.807) is 31.4 Å². The highest BCUT2D eigenvalue weighted by molar-refractivity contribution is 6.00. The standard InChI is InChI=1S/C34H39N3O4/c1-41-30-19-11-16-25-20-21-34(23-28(25)30,37-31(38)26-14-7-3-8-15-26)33(40)36-29(22-24-12-5-2-6-13-24)32(39)35-27-17-9-4-10-18-27/h2-3,5-8,11-16,19,27,29H,4,9-10,17-18,20-23H2,1H3,(H,35,39)(H,36,40)(H,37,38)/t29-,34-/m0/s1. The monoisotopic (exact) mass is 553 g/mol. The minimum absolute atomic E-state index is 0.115. The average molecular weight is 554 g/mol. The van der Waals surface area contributed by atoms with E-state index >= 15 is 0 Å². The van der Waals surface area contributed by atoms with Crippen molar-refractivity contribution in [3.8, 4) is 5.75 Å². The number of fused-ring (bicyclic) bond motifs is 1. The molecule has 1 saturated carbocycles. The minimum atomic E-state index is -1.26. The number of hydrogen-bond acceptors (Lipinski definition) is 4. The van der Waals surface area contributed by atoms with Crippen molar-refractivity contribution in [1.29, 1.82) is 0 Å². The van der Waals surface area contributed by atoms with Gasteiger partial charge < -0.3 is 20.7 Å². The van der Waals surface area contributed by atoms with Crippen LogP contribution < -0.4 is 20.7 Å². The molecule has 3 N–H and O–H groups in total. The number of ether oxygens (including phenoxy) is 1. The summed E-state index contributed by atoms with van der Waals surface area (Å²) in [6.07, 6.45) is 6.88. The van der Waals surface area contributed by atoms with Gasteiger partial charge in [-0.3, -0.25) is 14.4 Å². The number of methoxy groups -OCH3 is 1. The Morgan fingerprint density at radius 1 is 0.902 bits per heavy atom. The van der Waals surface area contributed by atoms with E-state index < -0.39 is 11.6 Å². The second-order valence-electron chi connectivity index (χ2n) is 11.2. The second-order valence-corrected chi connectivity index (χ2v) is 11.2. The predicted octanol–water partition coefficient (Wildman–Crippen LogP) is 4.53. The highest BCUT2D eigenvalue weighted by Gasteiger charge is 2.45. The van der Waals surface area contributed by atoms with Crippen LogP contribution in [0.5, 0.6) is 5.75 Å². The van der Waals surface area contributed by atoms with Crippen LogP contribution in [0.4, 0.5) is 0 Å². The van der Waals surface area contributed by atoms with Crippen molar-refractivity contribution in [2.45, 2.75) is 75.4 Å². The number of aryl methyl sites for hydroxylation is 1. The zero-order valence-electron chi connectivity index (χ0n) is 23.7. The molecule has 0 unspecified atom stereocenters. The highest BCUT2D eigenvalue weighted by Crippen LogP contribution is 2.35. The normalized spacial score (nSPS) is 19.3. The number of hydrogen-bond donors (Lipinski definition) is 3. The van der Waals surface area contributed by atoms with Gasteiger partial charge in [0.15, 0.2) is 0 Å². The summed E-state index contributed by atoms with van der Waals surface area (Å²) in [6.45, 7) is 0. The van der Waals surface area contributed by atoms with Gasteiger partial charge >= 0.3 is 0 Å². The molecule has 3 amide bonds. The topological polar surface area (TPSA) is 96.5 Å². The Balaban J connectivity index is 1.45. The lowest BCUT2D eigenvalue weighted by molar-refractivity contribution is -0.133. The third-order valence-corrected chi connectivity index (χ3v) is 8.43. The van der Waals surface area contributed by atoms with E-state index in [4.69, 9.17) is 4.74 Å². The van der Waals surface area contributed by atoms with Crippen molar-refractivity contribution in [2.75, 3.05) is 7.11 Å². The van der Waals surface area contributed by atoms with Gasteiger partial charge in [0.2, 0.25) is 11.8 Å². The minimum Gasteiger partial charge on any atom is -0.496 e. The molecule has 2 aliphatic carbocycles. The van der Waals surface area contributed by atoms with E-state index in [-0.39, 0.29) is 30.2 Å². The van der Waals surface area contributed by atoms with E-state index in [9.17, 15) is 14.4 Å². The smallest absolute Gasteiger partial charge is 0.252 e. The van der Waals surface area contributed by atoms with Gasteiger partial charge in [0.25, 0.3) is 5.91 Å². The fourth-order valence-electron chi connectivity index (χ4n) is 6.12. The molecular weight excluding hydrogens is 514 g/mol. The number of carbonyl (C=O) groups is 3. The van der Waals surface area contributed by atoms with Gasteiger partial charge in [0.05, 0.1) is 7.11 Å². The number of nitrogens with one attached hydrogen (secondary N) is 3. The number of carbonyl (C=O) groups excluding carboxylic acids is 3. The molecule has 0 radical (unpaired) electrons. The fourth-order valence-corrected chi connectivity index (χ4v) is 6.12. The van der Waals surface area contributed by atoms with E-state index in [1.807, 2.05) is 54.6 Å². The summed E-state index contributed by atoms with van der Waals surface area (Å²) in [4.78, 5) is 41.5. The van der Waals surface area contributed by atoms with Gasteiger partial charge in [-0.05, 0) is 55.0 Å².